The summed E-state index contributed by atoms with van der Waals surface area (Å²) >= 11 is 0. The molecule has 1 amide bonds. The number of nitrogens with one attached hydrogen (secondary N) is 1. The molecule has 0 fully saturated rings. The highest BCUT2D eigenvalue weighted by atomic mass is 19.1. The summed E-state index contributed by atoms with van der Waals surface area (Å²) < 4.78 is 18.6. The van der Waals surface area contributed by atoms with Crippen LogP contribution in [0.2, 0.25) is 0 Å². The summed E-state index contributed by atoms with van der Waals surface area (Å²) in [5, 5.41) is 3.75. The first-order valence-electron chi connectivity index (χ1n) is 7.72. The lowest BCUT2D eigenvalue weighted by Crippen LogP contribution is -2.19. The number of halogens is 1. The zero-order chi connectivity index (χ0) is 18.4. The molecular weight excluding hydrogens is 335 g/mol. The fourth-order valence-corrected chi connectivity index (χ4v) is 2.17. The number of methoxy groups -OCH3 is 1. The number of amides is 1. The van der Waals surface area contributed by atoms with Crippen molar-refractivity contribution in [2.75, 3.05) is 7.11 Å². The van der Waals surface area contributed by atoms with Crippen molar-refractivity contribution in [3.63, 3.8) is 0 Å². The summed E-state index contributed by atoms with van der Waals surface area (Å²) in [5.74, 6) is -0.245. The molecule has 0 aliphatic heterocycles. The van der Waals surface area contributed by atoms with E-state index in [1.807, 2.05) is 12.1 Å². The second kappa shape index (κ2) is 7.98. The fraction of sp³-hybridized carbons (Fsp3) is 0.0526. The first-order valence-corrected chi connectivity index (χ1v) is 7.72. The van der Waals surface area contributed by atoms with Crippen molar-refractivity contribution in [1.82, 2.24) is 15.4 Å². The summed E-state index contributed by atoms with van der Waals surface area (Å²) in [7, 11) is 1.58. The highest BCUT2D eigenvalue weighted by Crippen LogP contribution is 2.20. The van der Waals surface area contributed by atoms with Crippen LogP contribution >= 0.6 is 0 Å². The third-order valence-electron chi connectivity index (χ3n) is 3.53. The largest absolute Gasteiger partial charge is 0.497 e. The van der Waals surface area contributed by atoms with Crippen LogP contribution in [0.5, 0.6) is 5.75 Å². The Morgan fingerprint density at radius 2 is 1.92 bits per heavy atom. The molecule has 2 aromatic carbocycles. The zero-order valence-corrected chi connectivity index (χ0v) is 13.9. The predicted molar refractivity (Wildman–Crippen MR) is 95.5 cm³/mol. The topological polar surface area (TPSA) is 76.5 Å². The van der Waals surface area contributed by atoms with Gasteiger partial charge in [0.1, 0.15) is 17.3 Å². The van der Waals surface area contributed by atoms with Crippen LogP contribution in [0.3, 0.4) is 0 Å². The number of hydrazone groups is 1. The molecule has 1 N–H and O–H groups in total. The highest BCUT2D eigenvalue weighted by Gasteiger charge is 2.09. The molecule has 0 bridgehead atoms. The van der Waals surface area contributed by atoms with Crippen molar-refractivity contribution in [2.24, 2.45) is 5.10 Å². The fourth-order valence-electron chi connectivity index (χ4n) is 2.17. The molecule has 0 atom stereocenters. The van der Waals surface area contributed by atoms with Gasteiger partial charge >= 0.3 is 0 Å². The standard InChI is InChI=1S/C19H15FN4O2/c1-26-15-8-6-13(7-9-15)17-11-21-12-18(23-17)19(25)24-22-10-14-4-2-3-5-16(14)20/h2-12H,1H3,(H,24,25)/b22-10+. The molecule has 26 heavy (non-hydrogen) atoms. The first kappa shape index (κ1) is 17.2. The number of hydrogen-bond donors (Lipinski definition) is 1. The number of aromatic nitrogens is 2. The van der Waals surface area contributed by atoms with Crippen molar-refractivity contribution < 1.29 is 13.9 Å². The smallest absolute Gasteiger partial charge is 0.291 e. The van der Waals surface area contributed by atoms with E-state index in [4.69, 9.17) is 4.74 Å². The molecule has 0 aliphatic rings. The molecule has 0 unspecified atom stereocenters. The molecule has 0 saturated heterocycles. The molecule has 130 valence electrons. The van der Waals surface area contributed by atoms with E-state index in [-0.39, 0.29) is 11.3 Å². The van der Waals surface area contributed by atoms with Gasteiger partial charge in [0.2, 0.25) is 0 Å². The summed E-state index contributed by atoms with van der Waals surface area (Å²) in [4.78, 5) is 20.5. The molecule has 7 heteroatoms. The van der Waals surface area contributed by atoms with Crippen LogP contribution in [-0.2, 0) is 0 Å². The van der Waals surface area contributed by atoms with Gasteiger partial charge in [-0.25, -0.2) is 14.8 Å². The van der Waals surface area contributed by atoms with E-state index in [2.05, 4.69) is 20.5 Å². The van der Waals surface area contributed by atoms with Crippen LogP contribution < -0.4 is 10.2 Å². The molecule has 0 aliphatic carbocycles. The van der Waals surface area contributed by atoms with Crippen molar-refractivity contribution in [2.45, 2.75) is 0 Å². The highest BCUT2D eigenvalue weighted by molar-refractivity contribution is 5.93. The molecule has 0 radical (unpaired) electrons. The van der Waals surface area contributed by atoms with Gasteiger partial charge in [-0.15, -0.1) is 0 Å². The molecular formula is C19H15FN4O2. The molecule has 1 aromatic heterocycles. The molecule has 1 heterocycles. The van der Waals surface area contributed by atoms with Gasteiger partial charge < -0.3 is 4.74 Å². The van der Waals surface area contributed by atoms with Crippen LogP contribution in [0, 0.1) is 5.82 Å². The zero-order valence-electron chi connectivity index (χ0n) is 13.9. The normalized spacial score (nSPS) is 10.7. The maximum absolute atomic E-state index is 13.5. The van der Waals surface area contributed by atoms with Gasteiger partial charge in [-0.1, -0.05) is 18.2 Å². The average molecular weight is 350 g/mol. The summed E-state index contributed by atoms with van der Waals surface area (Å²) in [6.45, 7) is 0. The van der Waals surface area contributed by atoms with Crippen LogP contribution in [0.1, 0.15) is 16.1 Å². The Morgan fingerprint density at radius 3 is 2.65 bits per heavy atom. The Balaban J connectivity index is 1.72. The van der Waals surface area contributed by atoms with Gasteiger partial charge in [0.25, 0.3) is 5.91 Å². The van der Waals surface area contributed by atoms with Gasteiger partial charge in [-0.3, -0.25) is 9.78 Å². The molecule has 3 aromatic rings. The number of rotatable bonds is 5. The maximum atomic E-state index is 13.5. The van der Waals surface area contributed by atoms with Crippen LogP contribution in [-0.4, -0.2) is 29.2 Å². The molecule has 6 nitrogen and oxygen atoms in total. The number of benzene rings is 2. The van der Waals surface area contributed by atoms with E-state index in [0.29, 0.717) is 5.69 Å². The number of ether oxygens (including phenoxy) is 1. The number of nitrogens with zero attached hydrogens (tertiary/aromatic N) is 3. The minimum Gasteiger partial charge on any atom is -0.497 e. The predicted octanol–water partition coefficient (Wildman–Crippen LogP) is 3.06. The van der Waals surface area contributed by atoms with E-state index < -0.39 is 11.7 Å². The first-order chi connectivity index (χ1) is 12.7. The third kappa shape index (κ3) is 4.07. The summed E-state index contributed by atoms with van der Waals surface area (Å²) in [6, 6.07) is 13.3. The maximum Gasteiger partial charge on any atom is 0.291 e. The monoisotopic (exact) mass is 350 g/mol. The van der Waals surface area contributed by atoms with Gasteiger partial charge in [-0.2, -0.15) is 5.10 Å². The molecule has 3 rings (SSSR count). The van der Waals surface area contributed by atoms with Gasteiger partial charge in [-0.05, 0) is 30.3 Å². The lowest BCUT2D eigenvalue weighted by Gasteiger charge is -2.04. The number of carbonyl (C=O) groups excluding carboxylic acids is 1. The van der Waals surface area contributed by atoms with Gasteiger partial charge in [0, 0.05) is 11.1 Å². The minimum atomic E-state index is -0.541. The molecule has 0 saturated carbocycles. The van der Waals surface area contributed by atoms with Crippen LogP contribution in [0.15, 0.2) is 66.0 Å². The Kier molecular flexibility index (Phi) is 5.28. The van der Waals surface area contributed by atoms with Gasteiger partial charge in [0.15, 0.2) is 0 Å². The van der Waals surface area contributed by atoms with Crippen molar-refractivity contribution in [1.29, 1.82) is 0 Å². The third-order valence-corrected chi connectivity index (χ3v) is 3.53. The van der Waals surface area contributed by atoms with Crippen LogP contribution in [0.4, 0.5) is 4.39 Å². The Hall–Kier alpha value is -3.61. The van der Waals surface area contributed by atoms with Crippen molar-refractivity contribution >= 4 is 12.1 Å². The Labute approximate surface area is 149 Å². The molecule has 0 spiro atoms. The van der Waals surface area contributed by atoms with E-state index in [1.54, 1.807) is 43.6 Å². The second-order valence-corrected chi connectivity index (χ2v) is 5.24. The Morgan fingerprint density at radius 1 is 1.15 bits per heavy atom. The van der Waals surface area contributed by atoms with E-state index in [1.165, 1.54) is 18.5 Å². The number of hydrogen-bond acceptors (Lipinski definition) is 5. The lowest BCUT2D eigenvalue weighted by atomic mass is 10.1. The lowest BCUT2D eigenvalue weighted by molar-refractivity contribution is 0.0950. The summed E-state index contributed by atoms with van der Waals surface area (Å²) in [6.07, 6.45) is 4.12. The summed E-state index contributed by atoms with van der Waals surface area (Å²) in [5.41, 5.74) is 4.02. The SMILES string of the molecule is COc1ccc(-c2cncc(C(=O)N/N=C/c3ccccc3F)n2)cc1. The van der Waals surface area contributed by atoms with Crippen LogP contribution in [0.25, 0.3) is 11.3 Å². The van der Waals surface area contributed by atoms with Gasteiger partial charge in [0.05, 0.1) is 31.4 Å². The minimum absolute atomic E-state index is 0.101. The Bertz CT molecular complexity index is 942. The van der Waals surface area contributed by atoms with E-state index in [9.17, 15) is 9.18 Å². The van der Waals surface area contributed by atoms with Crippen molar-refractivity contribution in [3.8, 4) is 17.0 Å². The average Bonchev–Trinajstić information content (AvgIpc) is 2.69. The van der Waals surface area contributed by atoms with E-state index >= 15 is 0 Å². The second-order valence-electron chi connectivity index (χ2n) is 5.24. The van der Waals surface area contributed by atoms with E-state index in [0.717, 1.165) is 11.3 Å². The number of carbonyl (C=O) groups is 1. The quantitative estimate of drug-likeness (QED) is 0.567. The van der Waals surface area contributed by atoms with Crippen molar-refractivity contribution in [3.05, 3.63) is 78.0 Å².